The molecule has 4 N–H and O–H groups in total. The van der Waals surface area contributed by atoms with Crippen molar-refractivity contribution in [2.45, 2.75) is 26.7 Å². The molecule has 1 heterocycles. The van der Waals surface area contributed by atoms with Crippen molar-refractivity contribution in [1.82, 2.24) is 0 Å². The topological polar surface area (TPSA) is 72.3 Å². The summed E-state index contributed by atoms with van der Waals surface area (Å²) in [5.41, 5.74) is 13.8. The van der Waals surface area contributed by atoms with E-state index in [0.717, 1.165) is 31.6 Å². The van der Waals surface area contributed by atoms with Crippen LogP contribution in [0.2, 0.25) is 0 Å². The van der Waals surface area contributed by atoms with E-state index in [2.05, 4.69) is 18.7 Å². The van der Waals surface area contributed by atoms with E-state index >= 15 is 0 Å². The molecule has 1 aliphatic rings. The van der Waals surface area contributed by atoms with Crippen molar-refractivity contribution in [2.24, 2.45) is 11.1 Å². The number of primary amides is 1. The molecule has 1 aliphatic heterocycles. The van der Waals surface area contributed by atoms with Crippen LogP contribution in [0.15, 0.2) is 18.2 Å². The molecule has 1 saturated heterocycles. The number of nitrogen functional groups attached to an aromatic ring is 1. The molecule has 1 fully saturated rings. The maximum absolute atomic E-state index is 11.5. The quantitative estimate of drug-likeness (QED) is 0.785. The van der Waals surface area contributed by atoms with Crippen molar-refractivity contribution in [3.8, 4) is 0 Å². The molecule has 1 aromatic carbocycles. The first-order valence-electron chi connectivity index (χ1n) is 6.34. The van der Waals surface area contributed by atoms with Crippen LogP contribution < -0.4 is 16.4 Å². The predicted molar refractivity (Wildman–Crippen MR) is 74.6 cm³/mol. The summed E-state index contributed by atoms with van der Waals surface area (Å²) in [5, 5.41) is 0. The summed E-state index contributed by atoms with van der Waals surface area (Å²) in [4.78, 5) is 13.7. The highest BCUT2D eigenvalue weighted by atomic mass is 16.1. The van der Waals surface area contributed by atoms with Crippen LogP contribution in [0, 0.1) is 5.41 Å². The number of hydrogen-bond acceptors (Lipinski definition) is 3. The Balaban J connectivity index is 2.31. The fourth-order valence-electron chi connectivity index (χ4n) is 2.45. The summed E-state index contributed by atoms with van der Waals surface area (Å²) < 4.78 is 0. The Bertz CT molecular complexity index is 458. The first kappa shape index (κ1) is 12.7. The molecule has 0 aromatic heterocycles. The van der Waals surface area contributed by atoms with Gasteiger partial charge < -0.3 is 16.4 Å². The third-order valence-corrected chi connectivity index (χ3v) is 3.77. The van der Waals surface area contributed by atoms with Crippen LogP contribution in [0.1, 0.15) is 37.0 Å². The van der Waals surface area contributed by atoms with Crippen LogP contribution in [0.5, 0.6) is 0 Å². The molecule has 18 heavy (non-hydrogen) atoms. The lowest BCUT2D eigenvalue weighted by atomic mass is 9.82. The lowest BCUT2D eigenvalue weighted by Gasteiger charge is -2.39. The van der Waals surface area contributed by atoms with Gasteiger partial charge in [0.25, 0.3) is 5.91 Å². The molecule has 0 radical (unpaired) electrons. The van der Waals surface area contributed by atoms with Gasteiger partial charge in [0.1, 0.15) is 0 Å². The van der Waals surface area contributed by atoms with E-state index in [9.17, 15) is 4.79 Å². The molecule has 4 heteroatoms. The molecule has 0 unspecified atom stereocenters. The van der Waals surface area contributed by atoms with E-state index in [-0.39, 0.29) is 0 Å². The fraction of sp³-hybridized carbons (Fsp3) is 0.500. The van der Waals surface area contributed by atoms with Gasteiger partial charge in [-0.15, -0.1) is 0 Å². The molecule has 0 spiro atoms. The Labute approximate surface area is 108 Å². The van der Waals surface area contributed by atoms with Crippen LogP contribution in [0.3, 0.4) is 0 Å². The zero-order valence-electron chi connectivity index (χ0n) is 11.1. The van der Waals surface area contributed by atoms with E-state index in [4.69, 9.17) is 11.5 Å². The monoisotopic (exact) mass is 247 g/mol. The number of benzene rings is 1. The highest BCUT2D eigenvalue weighted by molar-refractivity contribution is 6.01. The lowest BCUT2D eigenvalue weighted by molar-refractivity contribution is 0.100. The smallest absolute Gasteiger partial charge is 0.250 e. The molecular formula is C14H21N3O. The Morgan fingerprint density at radius 2 is 1.89 bits per heavy atom. The SMILES string of the molecule is CC1(C)CCN(c2c(N)cccc2C(N)=O)CC1. The van der Waals surface area contributed by atoms with Crippen molar-refractivity contribution >= 4 is 17.3 Å². The summed E-state index contributed by atoms with van der Waals surface area (Å²) in [6.07, 6.45) is 2.19. The summed E-state index contributed by atoms with van der Waals surface area (Å²) in [5.74, 6) is -0.415. The second-order valence-corrected chi connectivity index (χ2v) is 5.76. The minimum Gasteiger partial charge on any atom is -0.397 e. The summed E-state index contributed by atoms with van der Waals surface area (Å²) >= 11 is 0. The molecule has 0 bridgehead atoms. The Hall–Kier alpha value is -1.71. The van der Waals surface area contributed by atoms with Gasteiger partial charge in [-0.3, -0.25) is 4.79 Å². The van der Waals surface area contributed by atoms with Crippen LogP contribution in [0.25, 0.3) is 0 Å². The molecule has 98 valence electrons. The Kier molecular flexibility index (Phi) is 3.20. The van der Waals surface area contributed by atoms with Crippen molar-refractivity contribution < 1.29 is 4.79 Å². The van der Waals surface area contributed by atoms with Gasteiger partial charge in [-0.25, -0.2) is 0 Å². The minimum atomic E-state index is -0.415. The van der Waals surface area contributed by atoms with Gasteiger partial charge in [0, 0.05) is 13.1 Å². The number of rotatable bonds is 2. The number of carbonyl (C=O) groups is 1. The normalized spacial score (nSPS) is 18.7. The van der Waals surface area contributed by atoms with Gasteiger partial charge in [-0.2, -0.15) is 0 Å². The fourth-order valence-corrected chi connectivity index (χ4v) is 2.45. The molecule has 2 rings (SSSR count). The van der Waals surface area contributed by atoms with Crippen molar-refractivity contribution in [3.63, 3.8) is 0 Å². The first-order chi connectivity index (χ1) is 8.41. The standard InChI is InChI=1S/C14H21N3O/c1-14(2)6-8-17(9-7-14)12-10(13(16)18)4-3-5-11(12)15/h3-5H,6-9,15H2,1-2H3,(H2,16,18). The molecule has 1 amide bonds. The number of piperidine rings is 1. The molecule has 4 nitrogen and oxygen atoms in total. The zero-order valence-corrected chi connectivity index (χ0v) is 11.1. The number of anilines is 2. The number of carbonyl (C=O) groups excluding carboxylic acids is 1. The largest absolute Gasteiger partial charge is 0.397 e. The van der Waals surface area contributed by atoms with E-state index in [1.54, 1.807) is 12.1 Å². The van der Waals surface area contributed by atoms with Crippen molar-refractivity contribution in [1.29, 1.82) is 0 Å². The lowest BCUT2D eigenvalue weighted by Crippen LogP contribution is -2.38. The Morgan fingerprint density at radius 1 is 1.28 bits per heavy atom. The van der Waals surface area contributed by atoms with Crippen molar-refractivity contribution in [3.05, 3.63) is 23.8 Å². The van der Waals surface area contributed by atoms with Crippen LogP contribution >= 0.6 is 0 Å². The second kappa shape index (κ2) is 4.52. The number of hydrogen-bond donors (Lipinski definition) is 2. The number of para-hydroxylation sites is 1. The van der Waals surface area contributed by atoms with Crippen LogP contribution in [-0.2, 0) is 0 Å². The van der Waals surface area contributed by atoms with E-state index in [1.165, 1.54) is 0 Å². The zero-order chi connectivity index (χ0) is 13.3. The molecule has 0 atom stereocenters. The molecule has 0 aliphatic carbocycles. The molecular weight excluding hydrogens is 226 g/mol. The average Bonchev–Trinajstić information content (AvgIpc) is 2.29. The van der Waals surface area contributed by atoms with E-state index in [1.807, 2.05) is 6.07 Å². The predicted octanol–water partition coefficient (Wildman–Crippen LogP) is 1.99. The van der Waals surface area contributed by atoms with Crippen LogP contribution in [-0.4, -0.2) is 19.0 Å². The van der Waals surface area contributed by atoms with Crippen LogP contribution in [0.4, 0.5) is 11.4 Å². The Morgan fingerprint density at radius 3 is 2.44 bits per heavy atom. The first-order valence-corrected chi connectivity index (χ1v) is 6.34. The number of nitrogens with two attached hydrogens (primary N) is 2. The van der Waals surface area contributed by atoms with Gasteiger partial charge in [-0.05, 0) is 30.4 Å². The maximum atomic E-state index is 11.5. The van der Waals surface area contributed by atoms with E-state index < -0.39 is 5.91 Å². The van der Waals surface area contributed by atoms with Gasteiger partial charge in [-0.1, -0.05) is 19.9 Å². The number of amides is 1. The minimum absolute atomic E-state index is 0.368. The molecule has 0 saturated carbocycles. The van der Waals surface area contributed by atoms with Gasteiger partial charge in [0.05, 0.1) is 16.9 Å². The van der Waals surface area contributed by atoms with Gasteiger partial charge >= 0.3 is 0 Å². The van der Waals surface area contributed by atoms with Gasteiger partial charge in [0.2, 0.25) is 0 Å². The summed E-state index contributed by atoms with van der Waals surface area (Å²) in [6, 6.07) is 5.34. The number of nitrogens with zero attached hydrogens (tertiary/aromatic N) is 1. The third-order valence-electron chi connectivity index (χ3n) is 3.77. The highest BCUT2D eigenvalue weighted by Gasteiger charge is 2.28. The second-order valence-electron chi connectivity index (χ2n) is 5.76. The molecule has 1 aromatic rings. The third kappa shape index (κ3) is 2.42. The highest BCUT2D eigenvalue weighted by Crippen LogP contribution is 2.35. The van der Waals surface area contributed by atoms with E-state index in [0.29, 0.717) is 16.7 Å². The summed E-state index contributed by atoms with van der Waals surface area (Å²) in [6.45, 7) is 6.38. The average molecular weight is 247 g/mol. The van der Waals surface area contributed by atoms with Gasteiger partial charge in [0.15, 0.2) is 0 Å². The maximum Gasteiger partial charge on any atom is 0.250 e. The summed E-state index contributed by atoms with van der Waals surface area (Å²) in [7, 11) is 0. The van der Waals surface area contributed by atoms with Crippen molar-refractivity contribution in [2.75, 3.05) is 23.7 Å².